The fourth-order valence-electron chi connectivity index (χ4n) is 1.87. The van der Waals surface area contributed by atoms with Crippen molar-refractivity contribution in [1.29, 1.82) is 0 Å². The number of ether oxygens (including phenoxy) is 2. The maximum atomic E-state index is 14.0. The summed E-state index contributed by atoms with van der Waals surface area (Å²) in [5.74, 6) is 0. The average Bonchev–Trinajstić information content (AvgIpc) is 2.23. The van der Waals surface area contributed by atoms with Crippen LogP contribution in [0.25, 0.3) is 0 Å². The van der Waals surface area contributed by atoms with Gasteiger partial charge in [-0.2, -0.15) is 0 Å². The molecule has 1 fully saturated rings. The predicted octanol–water partition coefficient (Wildman–Crippen LogP) is 2.12. The number of nitrogens with zero attached hydrogens (tertiary/aromatic N) is 1. The van der Waals surface area contributed by atoms with E-state index in [4.69, 9.17) is 9.47 Å². The minimum Gasteiger partial charge on any atom is -0.444 e. The summed E-state index contributed by atoms with van der Waals surface area (Å²) in [6.45, 7) is 8.97. The Balaban J connectivity index is 2.45. The molecule has 0 radical (unpaired) electrons. The Kier molecular flexibility index (Phi) is 5.38. The van der Waals surface area contributed by atoms with Crippen LogP contribution in [0, 0.1) is 0 Å². The number of carbonyl (C=O) groups excluding carboxylic acids is 1. The van der Waals surface area contributed by atoms with Crippen LogP contribution in [0.2, 0.25) is 0 Å². The molecule has 2 atom stereocenters. The lowest BCUT2D eigenvalue weighted by Gasteiger charge is -2.36. The Morgan fingerprint density at radius 1 is 1.35 bits per heavy atom. The van der Waals surface area contributed by atoms with Crippen LogP contribution in [0.15, 0.2) is 0 Å². The van der Waals surface area contributed by atoms with Gasteiger partial charge in [-0.3, -0.25) is 0 Å². The van der Waals surface area contributed by atoms with Gasteiger partial charge in [0.05, 0.1) is 24.9 Å². The monoisotopic (exact) mass is 291 g/mol. The van der Waals surface area contributed by atoms with Gasteiger partial charge >= 0.3 is 6.09 Å². The van der Waals surface area contributed by atoms with Crippen molar-refractivity contribution in [2.45, 2.75) is 64.5 Å². The van der Waals surface area contributed by atoms with Crippen LogP contribution in [0.4, 0.5) is 9.18 Å². The van der Waals surface area contributed by atoms with Crippen molar-refractivity contribution >= 4 is 6.09 Å². The summed E-state index contributed by atoms with van der Waals surface area (Å²) in [7, 11) is 0. The molecule has 1 aliphatic heterocycles. The highest BCUT2D eigenvalue weighted by molar-refractivity contribution is 5.68. The molecular weight excluding hydrogens is 265 g/mol. The second-order valence-corrected chi connectivity index (χ2v) is 6.89. The number of alkyl halides is 1. The third-order valence-electron chi connectivity index (χ3n) is 2.78. The van der Waals surface area contributed by atoms with Gasteiger partial charge in [0.1, 0.15) is 11.8 Å². The number of amides is 1. The molecule has 0 bridgehead atoms. The Labute approximate surface area is 120 Å². The number of carbonyl (C=O) groups is 1. The second-order valence-electron chi connectivity index (χ2n) is 6.89. The minimum atomic E-state index is -1.27. The molecule has 118 valence electrons. The van der Waals surface area contributed by atoms with Gasteiger partial charge in [0.2, 0.25) is 0 Å². The molecule has 1 N–H and O–H groups in total. The van der Waals surface area contributed by atoms with E-state index < -0.39 is 29.6 Å². The number of halogens is 1. The van der Waals surface area contributed by atoms with Crippen LogP contribution < -0.4 is 0 Å². The standard InChI is InChI=1S/C14H26FNO4/c1-13(2,3)20-12(17)16-7-6-11(10(15)8-16)19-9-14(4,5)18/h10-11,18H,6-9H2,1-5H3/t10-,11+/m1/s1. The Hall–Kier alpha value is -0.880. The molecule has 0 spiro atoms. The summed E-state index contributed by atoms with van der Waals surface area (Å²) >= 11 is 0. The number of rotatable bonds is 3. The van der Waals surface area contributed by atoms with Crippen molar-refractivity contribution in [3.05, 3.63) is 0 Å². The van der Waals surface area contributed by atoms with Crippen molar-refractivity contribution < 1.29 is 23.8 Å². The van der Waals surface area contributed by atoms with Crippen LogP contribution in [-0.2, 0) is 9.47 Å². The molecule has 0 unspecified atom stereocenters. The lowest BCUT2D eigenvalue weighted by Crippen LogP contribution is -2.50. The van der Waals surface area contributed by atoms with Crippen molar-refractivity contribution in [2.24, 2.45) is 0 Å². The number of likely N-dealkylation sites (tertiary alicyclic amines) is 1. The lowest BCUT2D eigenvalue weighted by molar-refractivity contribution is -0.0964. The number of hydrogen-bond acceptors (Lipinski definition) is 4. The van der Waals surface area contributed by atoms with E-state index in [-0.39, 0.29) is 13.2 Å². The molecule has 1 heterocycles. The molecule has 0 aromatic carbocycles. The van der Waals surface area contributed by atoms with Gasteiger partial charge in [-0.05, 0) is 41.0 Å². The zero-order valence-corrected chi connectivity index (χ0v) is 13.0. The first-order valence-electron chi connectivity index (χ1n) is 6.94. The molecule has 1 aliphatic rings. The Morgan fingerprint density at radius 2 is 1.95 bits per heavy atom. The van der Waals surface area contributed by atoms with Crippen LogP contribution in [-0.4, -0.2) is 59.3 Å². The molecule has 0 aromatic rings. The summed E-state index contributed by atoms with van der Waals surface area (Å²) in [6.07, 6.45) is -1.95. The zero-order valence-electron chi connectivity index (χ0n) is 13.0. The SMILES string of the molecule is CC(C)(O)CO[C@H]1CCN(C(=O)OC(C)(C)C)C[C@H]1F. The largest absolute Gasteiger partial charge is 0.444 e. The summed E-state index contributed by atoms with van der Waals surface area (Å²) in [6, 6.07) is 0. The number of hydrogen-bond donors (Lipinski definition) is 1. The molecule has 1 amide bonds. The molecule has 0 aliphatic carbocycles. The summed E-state index contributed by atoms with van der Waals surface area (Å²) < 4.78 is 24.6. The normalized spacial score (nSPS) is 24.6. The fourth-order valence-corrected chi connectivity index (χ4v) is 1.87. The van der Waals surface area contributed by atoms with E-state index in [9.17, 15) is 14.3 Å². The van der Waals surface area contributed by atoms with Gasteiger partial charge in [-0.15, -0.1) is 0 Å². The molecule has 5 nitrogen and oxygen atoms in total. The van der Waals surface area contributed by atoms with Gasteiger partial charge in [-0.1, -0.05) is 0 Å². The van der Waals surface area contributed by atoms with E-state index in [0.717, 1.165) is 0 Å². The third kappa shape index (κ3) is 6.05. The van der Waals surface area contributed by atoms with Crippen LogP contribution in [0.3, 0.4) is 0 Å². The van der Waals surface area contributed by atoms with Gasteiger partial charge in [0.25, 0.3) is 0 Å². The van der Waals surface area contributed by atoms with Crippen LogP contribution in [0.5, 0.6) is 0 Å². The first-order valence-corrected chi connectivity index (χ1v) is 6.94. The number of piperidine rings is 1. The highest BCUT2D eigenvalue weighted by atomic mass is 19.1. The topological polar surface area (TPSA) is 59.0 Å². The lowest BCUT2D eigenvalue weighted by atomic mass is 10.1. The van der Waals surface area contributed by atoms with E-state index in [0.29, 0.717) is 13.0 Å². The average molecular weight is 291 g/mol. The minimum absolute atomic E-state index is 0.0363. The fraction of sp³-hybridized carbons (Fsp3) is 0.929. The van der Waals surface area contributed by atoms with Crippen molar-refractivity contribution in [2.75, 3.05) is 19.7 Å². The van der Waals surface area contributed by atoms with Crippen LogP contribution >= 0.6 is 0 Å². The van der Waals surface area contributed by atoms with E-state index in [1.807, 2.05) is 0 Å². The van der Waals surface area contributed by atoms with Crippen LogP contribution in [0.1, 0.15) is 41.0 Å². The predicted molar refractivity (Wildman–Crippen MR) is 73.4 cm³/mol. The molecule has 0 aromatic heterocycles. The Bertz CT molecular complexity index is 335. The van der Waals surface area contributed by atoms with E-state index in [2.05, 4.69) is 0 Å². The maximum absolute atomic E-state index is 14.0. The molecular formula is C14H26FNO4. The first-order chi connectivity index (χ1) is 8.98. The first kappa shape index (κ1) is 17.2. The van der Waals surface area contributed by atoms with Gasteiger partial charge in [-0.25, -0.2) is 9.18 Å². The molecule has 0 saturated carbocycles. The second kappa shape index (κ2) is 6.26. The van der Waals surface area contributed by atoms with E-state index >= 15 is 0 Å². The third-order valence-corrected chi connectivity index (χ3v) is 2.78. The Morgan fingerprint density at radius 3 is 2.40 bits per heavy atom. The molecule has 6 heteroatoms. The molecule has 20 heavy (non-hydrogen) atoms. The van der Waals surface area contributed by atoms with Crippen molar-refractivity contribution in [1.82, 2.24) is 4.90 Å². The van der Waals surface area contributed by atoms with Gasteiger partial charge < -0.3 is 19.5 Å². The summed E-state index contributed by atoms with van der Waals surface area (Å²) in [4.78, 5) is 13.2. The van der Waals surface area contributed by atoms with E-state index in [1.165, 1.54) is 4.90 Å². The number of aliphatic hydroxyl groups is 1. The maximum Gasteiger partial charge on any atom is 0.410 e. The molecule has 1 rings (SSSR count). The summed E-state index contributed by atoms with van der Waals surface area (Å²) in [5, 5.41) is 9.57. The van der Waals surface area contributed by atoms with Gasteiger partial charge in [0, 0.05) is 6.54 Å². The highest BCUT2D eigenvalue weighted by Gasteiger charge is 2.34. The van der Waals surface area contributed by atoms with E-state index in [1.54, 1.807) is 34.6 Å². The molecule has 1 saturated heterocycles. The quantitative estimate of drug-likeness (QED) is 0.865. The van der Waals surface area contributed by atoms with Crippen molar-refractivity contribution in [3.63, 3.8) is 0 Å². The smallest absolute Gasteiger partial charge is 0.410 e. The summed E-state index contributed by atoms with van der Waals surface area (Å²) in [5.41, 5.74) is -1.57. The van der Waals surface area contributed by atoms with Gasteiger partial charge in [0.15, 0.2) is 0 Å². The van der Waals surface area contributed by atoms with Crippen molar-refractivity contribution in [3.8, 4) is 0 Å². The highest BCUT2D eigenvalue weighted by Crippen LogP contribution is 2.21. The zero-order chi connectivity index (χ0) is 15.6.